The molecule has 0 aliphatic carbocycles. The van der Waals surface area contributed by atoms with Crippen LogP contribution in [0, 0.1) is 6.92 Å². The first-order valence-electron chi connectivity index (χ1n) is 7.88. The Labute approximate surface area is 148 Å². The molecule has 0 saturated heterocycles. The molecular weight excluding hydrogens is 324 g/mol. The molecule has 1 amide bonds. The van der Waals surface area contributed by atoms with Crippen LogP contribution in [0.5, 0.6) is 0 Å². The maximum absolute atomic E-state index is 11.9. The van der Waals surface area contributed by atoms with Crippen molar-refractivity contribution in [2.24, 2.45) is 0 Å². The fraction of sp³-hybridized carbons (Fsp3) is 0.368. The van der Waals surface area contributed by atoms with Crippen molar-refractivity contribution in [2.45, 2.75) is 46.3 Å². The lowest BCUT2D eigenvalue weighted by atomic mass is 9.97. The summed E-state index contributed by atoms with van der Waals surface area (Å²) in [5.74, 6) is 0. The average molecular weight is 347 g/mol. The number of aryl methyl sites for hydroxylation is 1. The molecule has 0 aliphatic heterocycles. The molecule has 1 aromatic carbocycles. The lowest BCUT2D eigenvalue weighted by molar-refractivity contribution is 0.0508. The number of amides is 1. The third-order valence-corrected chi connectivity index (χ3v) is 3.74. The highest BCUT2D eigenvalue weighted by Gasteiger charge is 2.19. The summed E-state index contributed by atoms with van der Waals surface area (Å²) in [4.78, 5) is 15.9. The van der Waals surface area contributed by atoms with Crippen LogP contribution >= 0.6 is 11.6 Å². The van der Waals surface area contributed by atoms with Crippen LogP contribution in [0.15, 0.2) is 36.5 Å². The molecule has 1 atom stereocenters. The summed E-state index contributed by atoms with van der Waals surface area (Å²) in [6.45, 7) is 9.50. The minimum Gasteiger partial charge on any atom is -0.444 e. The molecule has 5 heteroatoms. The first-order valence-corrected chi connectivity index (χ1v) is 8.25. The second kappa shape index (κ2) is 7.22. The van der Waals surface area contributed by atoms with E-state index in [1.807, 2.05) is 58.9 Å². The van der Waals surface area contributed by atoms with E-state index >= 15 is 0 Å². The highest BCUT2D eigenvalue weighted by atomic mass is 35.5. The number of carbonyl (C=O) groups is 1. The Hall–Kier alpha value is -2.07. The molecule has 1 heterocycles. The monoisotopic (exact) mass is 346 g/mol. The van der Waals surface area contributed by atoms with E-state index in [0.717, 1.165) is 22.3 Å². The van der Waals surface area contributed by atoms with Gasteiger partial charge in [0.1, 0.15) is 10.8 Å². The third kappa shape index (κ3) is 4.96. The predicted molar refractivity (Wildman–Crippen MR) is 97.2 cm³/mol. The van der Waals surface area contributed by atoms with Gasteiger partial charge in [-0.15, -0.1) is 0 Å². The number of rotatable bonds is 3. The van der Waals surface area contributed by atoms with Gasteiger partial charge in [0.25, 0.3) is 0 Å². The number of alkyl carbamates (subject to hydrolysis) is 1. The molecule has 1 unspecified atom stereocenters. The fourth-order valence-corrected chi connectivity index (χ4v) is 2.66. The molecule has 0 fully saturated rings. The van der Waals surface area contributed by atoms with Gasteiger partial charge < -0.3 is 10.1 Å². The van der Waals surface area contributed by atoms with Gasteiger partial charge in [0, 0.05) is 6.20 Å². The molecule has 128 valence electrons. The molecule has 2 rings (SSSR count). The van der Waals surface area contributed by atoms with Crippen LogP contribution in [0.1, 0.15) is 44.9 Å². The minimum atomic E-state index is -0.511. The number of ether oxygens (including phenoxy) is 1. The van der Waals surface area contributed by atoms with E-state index in [2.05, 4.69) is 16.4 Å². The second-order valence-electron chi connectivity index (χ2n) is 6.81. The van der Waals surface area contributed by atoms with E-state index < -0.39 is 11.7 Å². The van der Waals surface area contributed by atoms with E-state index in [1.165, 1.54) is 0 Å². The van der Waals surface area contributed by atoms with E-state index in [1.54, 1.807) is 6.20 Å². The molecule has 1 aromatic heterocycles. The van der Waals surface area contributed by atoms with E-state index in [4.69, 9.17) is 16.3 Å². The zero-order valence-corrected chi connectivity index (χ0v) is 15.4. The molecule has 0 bridgehead atoms. The molecule has 2 aromatic rings. The standard InChI is InChI=1S/C19H23ClN2O2/c1-12-10-14(15-8-9-21-17(20)11-15)6-7-16(12)13(2)22-18(23)24-19(3,4)5/h6-11,13H,1-5H3,(H,22,23). The van der Waals surface area contributed by atoms with Gasteiger partial charge in [0.2, 0.25) is 0 Å². The summed E-state index contributed by atoms with van der Waals surface area (Å²) in [6.07, 6.45) is 1.27. The van der Waals surface area contributed by atoms with E-state index in [0.29, 0.717) is 5.15 Å². The van der Waals surface area contributed by atoms with Crippen molar-refractivity contribution >= 4 is 17.7 Å². The van der Waals surface area contributed by atoms with Crippen molar-refractivity contribution in [3.63, 3.8) is 0 Å². The first kappa shape index (κ1) is 18.3. The van der Waals surface area contributed by atoms with Crippen molar-refractivity contribution in [3.8, 4) is 11.1 Å². The van der Waals surface area contributed by atoms with Gasteiger partial charge in [-0.25, -0.2) is 9.78 Å². The summed E-state index contributed by atoms with van der Waals surface area (Å²) >= 11 is 5.95. The summed E-state index contributed by atoms with van der Waals surface area (Å²) in [7, 11) is 0. The molecule has 1 N–H and O–H groups in total. The topological polar surface area (TPSA) is 51.2 Å². The number of aromatic nitrogens is 1. The van der Waals surface area contributed by atoms with Crippen LogP contribution < -0.4 is 5.32 Å². The molecule has 4 nitrogen and oxygen atoms in total. The van der Waals surface area contributed by atoms with Crippen molar-refractivity contribution in [1.82, 2.24) is 10.3 Å². The van der Waals surface area contributed by atoms with Crippen molar-refractivity contribution < 1.29 is 9.53 Å². The first-order chi connectivity index (χ1) is 11.2. The Bertz CT molecular complexity index is 738. The van der Waals surface area contributed by atoms with Gasteiger partial charge in [0.15, 0.2) is 0 Å². The predicted octanol–water partition coefficient (Wildman–Crippen LogP) is 5.30. The van der Waals surface area contributed by atoms with Gasteiger partial charge in [0.05, 0.1) is 6.04 Å². The van der Waals surface area contributed by atoms with Gasteiger partial charge in [-0.1, -0.05) is 29.8 Å². The van der Waals surface area contributed by atoms with Crippen LogP contribution in [0.4, 0.5) is 4.79 Å². The normalized spacial score (nSPS) is 12.6. The summed E-state index contributed by atoms with van der Waals surface area (Å²) in [5.41, 5.74) is 3.69. The number of nitrogens with zero attached hydrogens (tertiary/aromatic N) is 1. The number of halogens is 1. The Morgan fingerprint density at radius 3 is 2.46 bits per heavy atom. The van der Waals surface area contributed by atoms with Crippen molar-refractivity contribution in [3.05, 3.63) is 52.8 Å². The smallest absolute Gasteiger partial charge is 0.408 e. The van der Waals surface area contributed by atoms with Crippen LogP contribution in [-0.2, 0) is 4.74 Å². The quantitative estimate of drug-likeness (QED) is 0.767. The number of nitrogens with one attached hydrogen (secondary N) is 1. The van der Waals surface area contributed by atoms with E-state index in [-0.39, 0.29) is 6.04 Å². The summed E-state index contributed by atoms with van der Waals surface area (Å²) < 4.78 is 5.30. The number of carbonyl (C=O) groups excluding carboxylic acids is 1. The zero-order chi connectivity index (χ0) is 17.9. The average Bonchev–Trinajstić information content (AvgIpc) is 2.44. The maximum atomic E-state index is 11.9. The molecule has 0 spiro atoms. The minimum absolute atomic E-state index is 0.144. The Morgan fingerprint density at radius 2 is 1.88 bits per heavy atom. The molecular formula is C19H23ClN2O2. The molecule has 0 saturated carbocycles. The highest BCUT2D eigenvalue weighted by molar-refractivity contribution is 6.29. The van der Waals surface area contributed by atoms with Crippen LogP contribution in [-0.4, -0.2) is 16.7 Å². The largest absolute Gasteiger partial charge is 0.444 e. The lowest BCUT2D eigenvalue weighted by Gasteiger charge is -2.23. The Kier molecular flexibility index (Phi) is 5.50. The van der Waals surface area contributed by atoms with Crippen LogP contribution in [0.2, 0.25) is 5.15 Å². The van der Waals surface area contributed by atoms with Crippen molar-refractivity contribution in [2.75, 3.05) is 0 Å². The maximum Gasteiger partial charge on any atom is 0.408 e. The van der Waals surface area contributed by atoms with Gasteiger partial charge in [-0.2, -0.15) is 0 Å². The number of pyridine rings is 1. The third-order valence-electron chi connectivity index (χ3n) is 3.53. The highest BCUT2D eigenvalue weighted by Crippen LogP contribution is 2.26. The van der Waals surface area contributed by atoms with E-state index in [9.17, 15) is 4.79 Å². The lowest BCUT2D eigenvalue weighted by Crippen LogP contribution is -2.34. The number of hydrogen-bond acceptors (Lipinski definition) is 3. The number of hydrogen-bond donors (Lipinski definition) is 1. The fourth-order valence-electron chi connectivity index (χ4n) is 2.49. The Balaban J connectivity index is 2.16. The molecule has 24 heavy (non-hydrogen) atoms. The van der Waals surface area contributed by atoms with Crippen LogP contribution in [0.3, 0.4) is 0 Å². The molecule has 0 aliphatic rings. The van der Waals surface area contributed by atoms with Gasteiger partial charge >= 0.3 is 6.09 Å². The number of benzene rings is 1. The second-order valence-corrected chi connectivity index (χ2v) is 7.19. The van der Waals surface area contributed by atoms with Crippen LogP contribution in [0.25, 0.3) is 11.1 Å². The van der Waals surface area contributed by atoms with Gasteiger partial charge in [-0.3, -0.25) is 0 Å². The SMILES string of the molecule is Cc1cc(-c2ccnc(Cl)c2)ccc1C(C)NC(=O)OC(C)(C)C. The Morgan fingerprint density at radius 1 is 1.21 bits per heavy atom. The van der Waals surface area contributed by atoms with Gasteiger partial charge in [-0.05, 0) is 69.0 Å². The summed E-state index contributed by atoms with van der Waals surface area (Å²) in [6, 6.07) is 9.72. The zero-order valence-electron chi connectivity index (χ0n) is 14.7. The van der Waals surface area contributed by atoms with Crippen molar-refractivity contribution in [1.29, 1.82) is 0 Å². The molecule has 0 radical (unpaired) electrons. The summed E-state index contributed by atoms with van der Waals surface area (Å²) in [5, 5.41) is 3.34.